The van der Waals surface area contributed by atoms with E-state index in [9.17, 15) is 46.0 Å². The van der Waals surface area contributed by atoms with Crippen LogP contribution in [0.5, 0.6) is 28.7 Å². The molecule has 0 aliphatic carbocycles. The van der Waals surface area contributed by atoms with Crippen molar-refractivity contribution >= 4 is 6.08 Å². The minimum atomic E-state index is -1.78. The van der Waals surface area contributed by atoms with E-state index in [-0.39, 0.29) is 40.1 Å². The van der Waals surface area contributed by atoms with Gasteiger partial charge in [-0.3, -0.25) is 0 Å². The second-order valence-corrected chi connectivity index (χ2v) is 10.6. The third-order valence-electron chi connectivity index (χ3n) is 7.62. The Morgan fingerprint density at radius 2 is 1.49 bits per heavy atom. The molecule has 2 aromatic rings. The van der Waals surface area contributed by atoms with E-state index in [2.05, 4.69) is 4.74 Å². The molecule has 2 fully saturated rings. The average molecular weight is 612 g/mol. The summed E-state index contributed by atoms with van der Waals surface area (Å²) >= 11 is 0. The summed E-state index contributed by atoms with van der Waals surface area (Å²) in [5.41, 5.74) is 0.623. The van der Waals surface area contributed by atoms with Crippen LogP contribution in [0.1, 0.15) is 24.2 Å². The number of aliphatic hydroxyl groups excluding tert-OH is 6. The Labute approximate surface area is 244 Å². The smallest absolute Gasteiger partial charge is 0.270 e. The van der Waals surface area contributed by atoms with Crippen molar-refractivity contribution in [3.8, 4) is 28.7 Å². The SMILES string of the molecule is COc1cc(C2[OH+]c3cc(O)cc(O)c3C=C2O[C@@H]2OC(CO[C@@H]3OC(C)[C@H](O)[C@H](O)C3O)[C@@H](O)C(O)C2O)ccc1O. The second kappa shape index (κ2) is 12.3. The van der Waals surface area contributed by atoms with Crippen LogP contribution in [0, 0.1) is 0 Å². The van der Waals surface area contributed by atoms with Crippen molar-refractivity contribution in [3.63, 3.8) is 0 Å². The molecule has 11 atom stereocenters. The lowest BCUT2D eigenvalue weighted by Gasteiger charge is -2.42. The molecule has 3 heterocycles. The number of fused-ring (bicyclic) bond motifs is 1. The van der Waals surface area contributed by atoms with Gasteiger partial charge in [-0.1, -0.05) is 0 Å². The minimum Gasteiger partial charge on any atom is -0.571 e. The summed E-state index contributed by atoms with van der Waals surface area (Å²) in [6.07, 6.45) is -14.6. The molecule has 6 unspecified atom stereocenters. The molecule has 15 heteroatoms. The molecule has 0 radical (unpaired) electrons. The third-order valence-corrected chi connectivity index (χ3v) is 7.62. The minimum absolute atomic E-state index is 0.0190. The predicted octanol–water partition coefficient (Wildman–Crippen LogP) is -1.18. The Balaban J connectivity index is 1.40. The number of methoxy groups -OCH3 is 1. The van der Waals surface area contributed by atoms with Gasteiger partial charge in [0.2, 0.25) is 6.29 Å². The number of phenols is 3. The van der Waals surface area contributed by atoms with Crippen molar-refractivity contribution < 1.29 is 74.4 Å². The maximum Gasteiger partial charge on any atom is 0.270 e. The standard InChI is InChI=1S/C28H34O15/c1-10-20(32)22(34)24(36)27(40-10)39-9-19-21(33)23(35)25(37)28(43-19)42-18-8-13-15(31)6-12(29)7-16(13)41-26(18)11-3-4-14(30)17(5-11)38-2/h3-8,10,19-37H,9H2,1-2H3/p+1/t10?,19?,20-,21+,22-,23?,24?,25?,26?,27+,28+/m0/s1. The quantitative estimate of drug-likeness (QED) is 0.167. The van der Waals surface area contributed by atoms with E-state index in [0.717, 1.165) is 6.07 Å². The number of phenolic OH excluding ortho intramolecular Hbond substituents is 3. The molecule has 3 aliphatic rings. The van der Waals surface area contributed by atoms with Gasteiger partial charge in [0.1, 0.15) is 59.8 Å². The Kier molecular flexibility index (Phi) is 8.89. The van der Waals surface area contributed by atoms with Gasteiger partial charge in [0.25, 0.3) is 11.9 Å². The molecule has 0 spiro atoms. The number of benzene rings is 2. The molecule has 2 aromatic carbocycles. The lowest BCUT2D eigenvalue weighted by atomic mass is 9.98. The number of rotatable bonds is 7. The molecule has 0 saturated carbocycles. The summed E-state index contributed by atoms with van der Waals surface area (Å²) in [6, 6.07) is 6.82. The van der Waals surface area contributed by atoms with Gasteiger partial charge in [0.15, 0.2) is 23.5 Å². The van der Waals surface area contributed by atoms with Gasteiger partial charge in [-0.2, -0.15) is 0 Å². The molecule has 0 aromatic heterocycles. The highest BCUT2D eigenvalue weighted by molar-refractivity contribution is 5.69. The Hall–Kier alpha value is -3.38. The zero-order chi connectivity index (χ0) is 31.2. The van der Waals surface area contributed by atoms with Crippen molar-refractivity contribution in [1.29, 1.82) is 0 Å². The average Bonchev–Trinajstić information content (AvgIpc) is 2.98. The summed E-state index contributed by atoms with van der Waals surface area (Å²) in [7, 11) is 1.36. The van der Waals surface area contributed by atoms with Crippen LogP contribution in [-0.4, -0.2) is 126 Å². The number of ether oxygens (including phenoxy) is 6. The van der Waals surface area contributed by atoms with E-state index in [1.165, 1.54) is 44.4 Å². The number of hydrogen-bond donors (Lipinski definition) is 9. The first-order chi connectivity index (χ1) is 20.4. The highest BCUT2D eigenvalue weighted by Gasteiger charge is 2.48. The van der Waals surface area contributed by atoms with Crippen LogP contribution in [0.3, 0.4) is 0 Å². The third kappa shape index (κ3) is 6.04. The Morgan fingerprint density at radius 1 is 0.791 bits per heavy atom. The number of hydrogen-bond acceptors (Lipinski definition) is 14. The van der Waals surface area contributed by atoms with Gasteiger partial charge in [-0.15, -0.1) is 0 Å². The van der Waals surface area contributed by atoms with Crippen molar-refractivity contribution in [2.45, 2.75) is 74.4 Å². The van der Waals surface area contributed by atoms with Crippen LogP contribution >= 0.6 is 0 Å². The fraction of sp³-hybridized carbons (Fsp3) is 0.500. The molecule has 5 rings (SSSR count). The van der Waals surface area contributed by atoms with Gasteiger partial charge in [0.05, 0.1) is 31.5 Å². The van der Waals surface area contributed by atoms with Crippen LogP contribution in [0.4, 0.5) is 0 Å². The first kappa shape index (κ1) is 31.1. The maximum atomic E-state index is 10.8. The summed E-state index contributed by atoms with van der Waals surface area (Å²) in [6.45, 7) is 0.972. The fourth-order valence-corrected chi connectivity index (χ4v) is 5.12. The van der Waals surface area contributed by atoms with E-state index in [1.807, 2.05) is 0 Å². The molecule has 15 nitrogen and oxygen atoms in total. The van der Waals surface area contributed by atoms with Crippen LogP contribution in [0.2, 0.25) is 0 Å². The molecule has 2 saturated heterocycles. The first-order valence-corrected chi connectivity index (χ1v) is 13.4. The maximum absolute atomic E-state index is 10.8. The fourth-order valence-electron chi connectivity index (χ4n) is 5.12. The Morgan fingerprint density at radius 3 is 2.21 bits per heavy atom. The van der Waals surface area contributed by atoms with Crippen LogP contribution < -0.4 is 4.74 Å². The van der Waals surface area contributed by atoms with Crippen molar-refractivity contribution in [1.82, 2.24) is 0 Å². The van der Waals surface area contributed by atoms with Crippen LogP contribution in [-0.2, 0) is 18.9 Å². The lowest BCUT2D eigenvalue weighted by Crippen LogP contribution is -2.61. The molecule has 0 amide bonds. The first-order valence-electron chi connectivity index (χ1n) is 13.4. The summed E-state index contributed by atoms with van der Waals surface area (Å²) in [4.78, 5) is 0. The second-order valence-electron chi connectivity index (χ2n) is 10.6. The summed E-state index contributed by atoms with van der Waals surface area (Å²) in [5.74, 6) is -0.346. The van der Waals surface area contributed by atoms with Crippen LogP contribution in [0.25, 0.3) is 6.08 Å². The van der Waals surface area contributed by atoms with Crippen molar-refractivity contribution in [2.75, 3.05) is 13.7 Å². The largest absolute Gasteiger partial charge is 0.571 e. The van der Waals surface area contributed by atoms with Crippen molar-refractivity contribution in [3.05, 3.63) is 47.2 Å². The number of aromatic hydroxyl groups is 4. The van der Waals surface area contributed by atoms with Gasteiger partial charge in [0, 0.05) is 12.1 Å². The Bertz CT molecular complexity index is 1330. The van der Waals surface area contributed by atoms with E-state index in [1.54, 1.807) is 0 Å². The molecular weight excluding hydrogens is 576 g/mol. The van der Waals surface area contributed by atoms with Crippen LogP contribution in [0.15, 0.2) is 36.1 Å². The lowest BCUT2D eigenvalue weighted by molar-refractivity contribution is -0.325. The zero-order valence-corrected chi connectivity index (χ0v) is 23.0. The summed E-state index contributed by atoms with van der Waals surface area (Å²) < 4.78 is 32.5. The van der Waals surface area contributed by atoms with E-state index in [4.69, 9.17) is 23.7 Å². The molecule has 3 aliphatic heterocycles. The van der Waals surface area contributed by atoms with Crippen molar-refractivity contribution in [2.24, 2.45) is 0 Å². The van der Waals surface area contributed by atoms with E-state index in [0.29, 0.717) is 5.56 Å². The van der Waals surface area contributed by atoms with Gasteiger partial charge in [-0.25, -0.2) is 0 Å². The highest BCUT2D eigenvalue weighted by Crippen LogP contribution is 2.46. The topological polar surface area (TPSA) is 241 Å². The molecule has 10 N–H and O–H groups in total. The number of aliphatic hydroxyl groups is 7. The summed E-state index contributed by atoms with van der Waals surface area (Å²) in [5, 5.41) is 92.7. The zero-order valence-electron chi connectivity index (χ0n) is 23.0. The van der Waals surface area contributed by atoms with Gasteiger partial charge < -0.3 is 74.4 Å². The van der Waals surface area contributed by atoms with Gasteiger partial charge in [-0.05, 0) is 25.1 Å². The molecule has 43 heavy (non-hydrogen) atoms. The monoisotopic (exact) mass is 611 g/mol. The molecule has 236 valence electrons. The predicted molar refractivity (Wildman–Crippen MR) is 143 cm³/mol. The van der Waals surface area contributed by atoms with E-state index < -0.39 is 74.1 Å². The highest BCUT2D eigenvalue weighted by atomic mass is 16.7. The van der Waals surface area contributed by atoms with E-state index >= 15 is 0 Å². The van der Waals surface area contributed by atoms with Gasteiger partial charge >= 0.3 is 0 Å². The molecular formula is C28H35O15+. The normalized spacial score (nSPS) is 35.8. The molecule has 0 bridgehead atoms.